The Morgan fingerprint density at radius 2 is 0.895 bits per heavy atom. The molecule has 6 heteroatoms. The Morgan fingerprint density at radius 3 is 1.05 bits per heavy atom. The number of hydrogen-bond donors (Lipinski definition) is 0. The number of aromatic nitrogens is 6. The predicted molar refractivity (Wildman–Crippen MR) is 70.8 cm³/mol. The summed E-state index contributed by atoms with van der Waals surface area (Å²) in [6, 6.07) is 0. The lowest BCUT2D eigenvalue weighted by molar-refractivity contribution is 1.12. The first-order chi connectivity index (χ1) is 9.39. The molecular formula is C13H14N6. The molecule has 3 aromatic rings. The van der Waals surface area contributed by atoms with Gasteiger partial charge < -0.3 is 0 Å². The van der Waals surface area contributed by atoms with E-state index in [1.807, 2.05) is 6.92 Å². The van der Waals surface area contributed by atoms with Gasteiger partial charge >= 0.3 is 0 Å². The Morgan fingerprint density at radius 1 is 0.526 bits per heavy atom. The summed E-state index contributed by atoms with van der Waals surface area (Å²) in [5, 5.41) is 0. The molecule has 3 heterocycles. The van der Waals surface area contributed by atoms with Gasteiger partial charge in [-0.2, -0.15) is 0 Å². The smallest absolute Gasteiger partial charge is 0.0555 e. The van der Waals surface area contributed by atoms with Gasteiger partial charge in [0.05, 0.1) is 5.69 Å². The molecule has 0 aliphatic heterocycles. The van der Waals surface area contributed by atoms with Gasteiger partial charge in [-0.1, -0.05) is 0 Å². The van der Waals surface area contributed by atoms with Crippen LogP contribution < -0.4 is 0 Å². The molecule has 0 unspecified atom stereocenters. The largest absolute Gasteiger partial charge is 0.262 e. The van der Waals surface area contributed by atoms with E-state index in [-0.39, 0.29) is 0 Å². The monoisotopic (exact) mass is 254 g/mol. The summed E-state index contributed by atoms with van der Waals surface area (Å²) >= 11 is 0. The number of hydrogen-bond acceptors (Lipinski definition) is 6. The van der Waals surface area contributed by atoms with Crippen LogP contribution in [-0.2, 0) is 0 Å². The standard InChI is InChI=1S/C5H6N2.2C4H4N2/c1-5-4-6-2-3-7-5;2*1-2-6-4-3-5-1/h2-4H,1H3;2*1-4H. The van der Waals surface area contributed by atoms with Gasteiger partial charge in [0.25, 0.3) is 0 Å². The molecule has 0 atom stereocenters. The van der Waals surface area contributed by atoms with Crippen LogP contribution in [0.1, 0.15) is 5.69 Å². The molecular weight excluding hydrogens is 240 g/mol. The third-order valence-electron chi connectivity index (χ3n) is 1.65. The lowest BCUT2D eigenvalue weighted by Crippen LogP contribution is -1.77. The van der Waals surface area contributed by atoms with Crippen LogP contribution in [0, 0.1) is 6.92 Å². The predicted octanol–water partition coefficient (Wildman–Crippen LogP) is 1.74. The van der Waals surface area contributed by atoms with E-state index in [9.17, 15) is 0 Å². The van der Waals surface area contributed by atoms with E-state index in [2.05, 4.69) is 29.9 Å². The second kappa shape index (κ2) is 10.4. The molecule has 19 heavy (non-hydrogen) atoms. The zero-order valence-corrected chi connectivity index (χ0v) is 10.5. The third kappa shape index (κ3) is 8.99. The van der Waals surface area contributed by atoms with Crippen molar-refractivity contribution in [2.75, 3.05) is 0 Å². The Bertz CT molecular complexity index is 418. The first kappa shape index (κ1) is 14.3. The van der Waals surface area contributed by atoms with Gasteiger partial charge in [-0.25, -0.2) is 0 Å². The molecule has 0 saturated heterocycles. The molecule has 96 valence electrons. The highest BCUT2D eigenvalue weighted by molar-refractivity contribution is 4.88. The molecule has 0 amide bonds. The highest BCUT2D eigenvalue weighted by atomic mass is 14.7. The maximum atomic E-state index is 3.92. The van der Waals surface area contributed by atoms with Crippen LogP contribution in [0.2, 0.25) is 0 Å². The third-order valence-corrected chi connectivity index (χ3v) is 1.65. The molecule has 0 fully saturated rings. The molecule has 0 aromatic carbocycles. The Labute approximate surface area is 111 Å². The summed E-state index contributed by atoms with van der Waals surface area (Å²) in [6.07, 6.45) is 18.2. The second-order valence-corrected chi connectivity index (χ2v) is 3.14. The van der Waals surface area contributed by atoms with Crippen LogP contribution in [0.3, 0.4) is 0 Å². The van der Waals surface area contributed by atoms with E-state index < -0.39 is 0 Å². The summed E-state index contributed by atoms with van der Waals surface area (Å²) in [7, 11) is 0. The summed E-state index contributed by atoms with van der Waals surface area (Å²) in [5.74, 6) is 0. The number of rotatable bonds is 0. The van der Waals surface area contributed by atoms with Gasteiger partial charge in [-0.05, 0) is 6.92 Å². The second-order valence-electron chi connectivity index (χ2n) is 3.14. The molecule has 6 nitrogen and oxygen atoms in total. The SMILES string of the molecule is Cc1cnccn1.c1cnccn1.c1cnccn1. The first-order valence-corrected chi connectivity index (χ1v) is 5.52. The van der Waals surface area contributed by atoms with Gasteiger partial charge in [0.2, 0.25) is 0 Å². The normalized spacial score (nSPS) is 8.26. The minimum Gasteiger partial charge on any atom is -0.262 e. The van der Waals surface area contributed by atoms with Crippen molar-refractivity contribution >= 4 is 0 Å². The van der Waals surface area contributed by atoms with Crippen molar-refractivity contribution in [1.29, 1.82) is 0 Å². The average molecular weight is 254 g/mol. The van der Waals surface area contributed by atoms with Gasteiger partial charge in [0.15, 0.2) is 0 Å². The van der Waals surface area contributed by atoms with E-state index in [4.69, 9.17) is 0 Å². The van der Waals surface area contributed by atoms with Gasteiger partial charge in [0.1, 0.15) is 0 Å². The minimum atomic E-state index is 0.961. The van der Waals surface area contributed by atoms with Gasteiger partial charge in [0, 0.05) is 68.2 Å². The molecule has 0 aliphatic rings. The highest BCUT2D eigenvalue weighted by Crippen LogP contribution is 1.81. The molecule has 0 bridgehead atoms. The van der Waals surface area contributed by atoms with Crippen molar-refractivity contribution in [2.24, 2.45) is 0 Å². The molecule has 0 N–H and O–H groups in total. The molecule has 3 aromatic heterocycles. The highest BCUT2D eigenvalue weighted by Gasteiger charge is 1.74. The number of aryl methyl sites for hydroxylation is 1. The summed E-state index contributed by atoms with van der Waals surface area (Å²) in [5.41, 5.74) is 0.961. The van der Waals surface area contributed by atoms with Crippen molar-refractivity contribution in [2.45, 2.75) is 6.92 Å². The molecule has 0 saturated carbocycles. The molecule has 0 spiro atoms. The van der Waals surface area contributed by atoms with Crippen LogP contribution in [0.15, 0.2) is 68.2 Å². The lowest BCUT2D eigenvalue weighted by atomic mass is 10.5. The van der Waals surface area contributed by atoms with Crippen LogP contribution >= 0.6 is 0 Å². The van der Waals surface area contributed by atoms with Gasteiger partial charge in [-0.15, -0.1) is 0 Å². The quantitative estimate of drug-likeness (QED) is 0.608. The fraction of sp³-hybridized carbons (Fsp3) is 0.0769. The lowest BCUT2D eigenvalue weighted by Gasteiger charge is -1.81. The zero-order chi connectivity index (χ0) is 13.6. The first-order valence-electron chi connectivity index (χ1n) is 5.52. The van der Waals surface area contributed by atoms with E-state index >= 15 is 0 Å². The van der Waals surface area contributed by atoms with E-state index in [0.717, 1.165) is 5.69 Å². The average Bonchev–Trinajstić information content (AvgIpc) is 2.53. The van der Waals surface area contributed by atoms with E-state index in [0.29, 0.717) is 0 Å². The fourth-order valence-electron chi connectivity index (χ4n) is 0.880. The van der Waals surface area contributed by atoms with Crippen molar-refractivity contribution in [3.05, 3.63) is 73.9 Å². The molecule has 0 aliphatic carbocycles. The molecule has 0 radical (unpaired) electrons. The Balaban J connectivity index is 0.000000143. The minimum absolute atomic E-state index is 0.961. The van der Waals surface area contributed by atoms with Crippen LogP contribution in [0.5, 0.6) is 0 Å². The van der Waals surface area contributed by atoms with Crippen LogP contribution in [0.4, 0.5) is 0 Å². The summed E-state index contributed by atoms with van der Waals surface area (Å²) < 4.78 is 0. The summed E-state index contributed by atoms with van der Waals surface area (Å²) in [4.78, 5) is 22.6. The summed E-state index contributed by atoms with van der Waals surface area (Å²) in [6.45, 7) is 1.91. The zero-order valence-electron chi connectivity index (χ0n) is 10.5. The van der Waals surface area contributed by atoms with Crippen molar-refractivity contribution < 1.29 is 0 Å². The van der Waals surface area contributed by atoms with Gasteiger partial charge in [-0.3, -0.25) is 29.9 Å². The van der Waals surface area contributed by atoms with Crippen LogP contribution in [-0.4, -0.2) is 29.9 Å². The van der Waals surface area contributed by atoms with E-state index in [1.165, 1.54) is 0 Å². The van der Waals surface area contributed by atoms with Crippen molar-refractivity contribution in [1.82, 2.24) is 29.9 Å². The Hall–Kier alpha value is -2.76. The van der Waals surface area contributed by atoms with E-state index in [1.54, 1.807) is 68.2 Å². The molecule has 3 rings (SSSR count). The topological polar surface area (TPSA) is 77.3 Å². The van der Waals surface area contributed by atoms with Crippen molar-refractivity contribution in [3.8, 4) is 0 Å². The maximum Gasteiger partial charge on any atom is 0.0555 e. The van der Waals surface area contributed by atoms with Crippen molar-refractivity contribution in [3.63, 3.8) is 0 Å². The van der Waals surface area contributed by atoms with Crippen LogP contribution in [0.25, 0.3) is 0 Å². The Kier molecular flexibility index (Phi) is 7.83. The maximum absolute atomic E-state index is 3.92. The number of nitrogens with zero attached hydrogens (tertiary/aromatic N) is 6. The fourth-order valence-corrected chi connectivity index (χ4v) is 0.880.